The second-order valence-electron chi connectivity index (χ2n) is 6.64. The van der Waals surface area contributed by atoms with Crippen molar-refractivity contribution in [1.82, 2.24) is 10.2 Å². The molecule has 142 valence electrons. The zero-order chi connectivity index (χ0) is 19.4. The minimum Gasteiger partial charge on any atom is -0.372 e. The zero-order valence-electron chi connectivity index (χ0n) is 14.6. The van der Waals surface area contributed by atoms with Crippen molar-refractivity contribution in [3.05, 3.63) is 70.5 Å². The molecule has 1 atom stereocenters. The summed E-state index contributed by atoms with van der Waals surface area (Å²) in [5, 5.41) is 13.5. The number of rotatable bonds is 5. The molecule has 0 unspecified atom stereocenters. The number of hydrogen-bond acceptors (Lipinski definition) is 3. The summed E-state index contributed by atoms with van der Waals surface area (Å²) in [6.07, 6.45) is 0.557. The van der Waals surface area contributed by atoms with Crippen molar-refractivity contribution in [2.75, 3.05) is 6.54 Å². The first-order valence-corrected chi connectivity index (χ1v) is 9.05. The first kappa shape index (κ1) is 19.3. The Balaban J connectivity index is 1.67. The molecule has 1 fully saturated rings. The van der Waals surface area contributed by atoms with Gasteiger partial charge in [0.05, 0.1) is 0 Å². The molecular weight excluding hydrogens is 371 g/mol. The minimum atomic E-state index is -2.12. The number of benzene rings is 2. The Morgan fingerprint density at radius 2 is 1.96 bits per heavy atom. The van der Waals surface area contributed by atoms with Crippen molar-refractivity contribution in [2.24, 2.45) is 0 Å². The number of nitrogens with zero attached hydrogens (tertiary/aromatic N) is 1. The quantitative estimate of drug-likeness (QED) is 0.771. The number of hydrogen-bond donors (Lipinski definition) is 2. The minimum absolute atomic E-state index is 0.0371. The molecule has 1 aliphatic heterocycles. The molecule has 3 rings (SSSR count). The molecule has 0 bridgehead atoms. The summed E-state index contributed by atoms with van der Waals surface area (Å²) < 4.78 is 13.4. The molecule has 1 aliphatic rings. The van der Waals surface area contributed by atoms with E-state index in [4.69, 9.17) is 11.6 Å². The van der Waals surface area contributed by atoms with Crippen molar-refractivity contribution in [2.45, 2.75) is 31.5 Å². The maximum absolute atomic E-state index is 13.4. The van der Waals surface area contributed by atoms with E-state index in [9.17, 15) is 19.1 Å². The van der Waals surface area contributed by atoms with Crippen LogP contribution in [0.25, 0.3) is 0 Å². The molecule has 1 saturated heterocycles. The van der Waals surface area contributed by atoms with Crippen molar-refractivity contribution in [3.63, 3.8) is 0 Å². The molecule has 2 amide bonds. The summed E-state index contributed by atoms with van der Waals surface area (Å²) in [7, 11) is 0. The highest BCUT2D eigenvalue weighted by atomic mass is 35.5. The molecular formula is C20H20ClFN2O3. The number of halogens is 2. The SMILES string of the molecule is O=C(NCc1cc(F)cc(Cl)c1)[C@@]1(O)CCCN(Cc2ccccc2)C1=O. The van der Waals surface area contributed by atoms with E-state index in [2.05, 4.69) is 5.32 Å². The third-order valence-corrected chi connectivity index (χ3v) is 4.79. The van der Waals surface area contributed by atoms with E-state index in [1.165, 1.54) is 17.0 Å². The van der Waals surface area contributed by atoms with Gasteiger partial charge in [0, 0.05) is 24.7 Å². The number of carbonyl (C=O) groups excluding carboxylic acids is 2. The van der Waals surface area contributed by atoms with Crippen LogP contribution >= 0.6 is 11.6 Å². The first-order chi connectivity index (χ1) is 12.9. The smallest absolute Gasteiger partial charge is 0.264 e. The molecule has 0 aromatic heterocycles. The summed E-state index contributed by atoms with van der Waals surface area (Å²) in [4.78, 5) is 26.8. The van der Waals surface area contributed by atoms with Gasteiger partial charge >= 0.3 is 0 Å². The fraction of sp³-hybridized carbons (Fsp3) is 0.300. The van der Waals surface area contributed by atoms with E-state index in [1.807, 2.05) is 30.3 Å². The Morgan fingerprint density at radius 1 is 1.22 bits per heavy atom. The largest absolute Gasteiger partial charge is 0.372 e. The van der Waals surface area contributed by atoms with Gasteiger partial charge in [-0.15, -0.1) is 0 Å². The average Bonchev–Trinajstić information content (AvgIpc) is 2.63. The van der Waals surface area contributed by atoms with E-state index in [-0.39, 0.29) is 18.0 Å². The molecule has 0 radical (unpaired) electrons. The highest BCUT2D eigenvalue weighted by molar-refractivity contribution is 6.30. The second-order valence-corrected chi connectivity index (χ2v) is 7.07. The van der Waals surface area contributed by atoms with Gasteiger partial charge in [-0.25, -0.2) is 4.39 Å². The lowest BCUT2D eigenvalue weighted by Crippen LogP contribution is -2.60. The second kappa shape index (κ2) is 8.06. The van der Waals surface area contributed by atoms with Crippen LogP contribution in [0.4, 0.5) is 4.39 Å². The van der Waals surface area contributed by atoms with Gasteiger partial charge in [-0.3, -0.25) is 9.59 Å². The van der Waals surface area contributed by atoms with Gasteiger partial charge in [-0.05, 0) is 42.2 Å². The van der Waals surface area contributed by atoms with Crippen molar-refractivity contribution >= 4 is 23.4 Å². The molecule has 2 aromatic rings. The van der Waals surface area contributed by atoms with Gasteiger partial charge < -0.3 is 15.3 Å². The number of carbonyl (C=O) groups is 2. The summed E-state index contributed by atoms with van der Waals surface area (Å²) in [5.74, 6) is -1.92. The third-order valence-electron chi connectivity index (χ3n) is 4.57. The normalized spacial score (nSPS) is 19.8. The Morgan fingerprint density at radius 3 is 2.67 bits per heavy atom. The lowest BCUT2D eigenvalue weighted by Gasteiger charge is -2.37. The van der Waals surface area contributed by atoms with Crippen LogP contribution < -0.4 is 5.32 Å². The van der Waals surface area contributed by atoms with Crippen LogP contribution in [0.15, 0.2) is 48.5 Å². The molecule has 2 aromatic carbocycles. The highest BCUT2D eigenvalue weighted by Gasteiger charge is 2.48. The predicted molar refractivity (Wildman–Crippen MR) is 99.3 cm³/mol. The Bertz CT molecular complexity index is 826. The van der Waals surface area contributed by atoms with Crippen molar-refractivity contribution in [1.29, 1.82) is 0 Å². The lowest BCUT2D eigenvalue weighted by atomic mass is 9.90. The van der Waals surface area contributed by atoms with E-state index in [0.717, 1.165) is 11.6 Å². The zero-order valence-corrected chi connectivity index (χ0v) is 15.4. The highest BCUT2D eigenvalue weighted by Crippen LogP contribution is 2.25. The molecule has 7 heteroatoms. The number of aliphatic hydroxyl groups is 1. The Labute approximate surface area is 161 Å². The standard InChI is InChI=1S/C20H20ClFN2O3/c21-16-9-15(10-17(22)11-16)12-23-18(25)20(27)7-4-8-24(19(20)26)13-14-5-2-1-3-6-14/h1-3,5-6,9-11,27H,4,7-8,12-13H2,(H,23,25)/t20-/m0/s1. The Kier molecular flexibility index (Phi) is 5.77. The van der Waals surface area contributed by atoms with Crippen LogP contribution in [-0.4, -0.2) is 34.0 Å². The number of nitrogens with one attached hydrogen (secondary N) is 1. The van der Waals surface area contributed by atoms with E-state index < -0.39 is 23.2 Å². The Hall–Kier alpha value is -2.44. The van der Waals surface area contributed by atoms with Crippen LogP contribution in [0, 0.1) is 5.82 Å². The summed E-state index contributed by atoms with van der Waals surface area (Å²) >= 11 is 5.80. The fourth-order valence-electron chi connectivity index (χ4n) is 3.20. The molecule has 0 saturated carbocycles. The maximum Gasteiger partial charge on any atom is 0.264 e. The summed E-state index contributed by atoms with van der Waals surface area (Å²) in [6.45, 7) is 0.766. The first-order valence-electron chi connectivity index (χ1n) is 8.67. The molecule has 1 heterocycles. The van der Waals surface area contributed by atoms with Gasteiger partial charge in [0.15, 0.2) is 0 Å². The molecule has 5 nitrogen and oxygen atoms in total. The van der Waals surface area contributed by atoms with Crippen LogP contribution in [0.1, 0.15) is 24.0 Å². The van der Waals surface area contributed by atoms with Gasteiger partial charge in [-0.1, -0.05) is 41.9 Å². The average molecular weight is 391 g/mol. The van der Waals surface area contributed by atoms with Gasteiger partial charge in [0.2, 0.25) is 5.60 Å². The van der Waals surface area contributed by atoms with Crippen LogP contribution in [-0.2, 0) is 22.7 Å². The van der Waals surface area contributed by atoms with Crippen LogP contribution in [0.2, 0.25) is 5.02 Å². The van der Waals surface area contributed by atoms with E-state index >= 15 is 0 Å². The maximum atomic E-state index is 13.4. The lowest BCUT2D eigenvalue weighted by molar-refractivity contribution is -0.166. The number of amides is 2. The van der Waals surface area contributed by atoms with Crippen LogP contribution in [0.3, 0.4) is 0 Å². The van der Waals surface area contributed by atoms with E-state index in [1.54, 1.807) is 0 Å². The predicted octanol–water partition coefficient (Wildman–Crippen LogP) is 2.65. The topological polar surface area (TPSA) is 69.6 Å². The number of likely N-dealkylation sites (tertiary alicyclic amines) is 1. The van der Waals surface area contributed by atoms with Crippen LogP contribution in [0.5, 0.6) is 0 Å². The van der Waals surface area contributed by atoms with E-state index in [0.29, 0.717) is 25.1 Å². The van der Waals surface area contributed by atoms with Gasteiger partial charge in [0.1, 0.15) is 5.82 Å². The third kappa shape index (κ3) is 4.46. The monoisotopic (exact) mass is 390 g/mol. The summed E-state index contributed by atoms with van der Waals surface area (Å²) in [5.41, 5.74) is -0.754. The molecule has 2 N–H and O–H groups in total. The summed E-state index contributed by atoms with van der Waals surface area (Å²) in [6, 6.07) is 13.3. The number of piperidine rings is 1. The molecule has 0 aliphatic carbocycles. The van der Waals surface area contributed by atoms with Crippen molar-refractivity contribution in [3.8, 4) is 0 Å². The van der Waals surface area contributed by atoms with Gasteiger partial charge in [-0.2, -0.15) is 0 Å². The molecule has 27 heavy (non-hydrogen) atoms. The van der Waals surface area contributed by atoms with Crippen molar-refractivity contribution < 1.29 is 19.1 Å². The van der Waals surface area contributed by atoms with Gasteiger partial charge in [0.25, 0.3) is 11.8 Å². The molecule has 0 spiro atoms. The fourth-order valence-corrected chi connectivity index (χ4v) is 3.45.